The molecule has 1 saturated heterocycles. The highest BCUT2D eigenvalue weighted by atomic mass is 19.1. The number of carbonyl (C=O) groups is 1. The van der Waals surface area contributed by atoms with Crippen LogP contribution < -0.4 is 15.0 Å². The van der Waals surface area contributed by atoms with E-state index in [2.05, 4.69) is 4.98 Å². The number of nitrogens with zero attached hydrogens (tertiary/aromatic N) is 2. The van der Waals surface area contributed by atoms with E-state index in [0.717, 1.165) is 0 Å². The normalized spacial score (nSPS) is 16.1. The number of piperidine rings is 1. The Morgan fingerprint density at radius 1 is 1.18 bits per heavy atom. The molecular formula is C28H32F3N3O6. The number of aliphatic hydroxyl groups is 2. The number of rotatable bonds is 11. The van der Waals surface area contributed by atoms with Crippen molar-refractivity contribution >= 4 is 16.8 Å². The minimum Gasteiger partial charge on any atom is -0.497 e. The minimum absolute atomic E-state index is 0.0557. The summed E-state index contributed by atoms with van der Waals surface area (Å²) in [6, 6.07) is 6.33. The number of hydrogen-bond acceptors (Lipinski definition) is 8. The molecule has 40 heavy (non-hydrogen) atoms. The summed E-state index contributed by atoms with van der Waals surface area (Å²) in [6.07, 6.45) is 1.59. The Balaban J connectivity index is 1.42. The first-order valence-electron chi connectivity index (χ1n) is 12.9. The van der Waals surface area contributed by atoms with E-state index >= 15 is 0 Å². The van der Waals surface area contributed by atoms with Crippen molar-refractivity contribution in [2.75, 3.05) is 33.4 Å². The molecule has 216 valence electrons. The fourth-order valence-corrected chi connectivity index (χ4v) is 5.29. The van der Waals surface area contributed by atoms with Crippen molar-refractivity contribution in [1.29, 1.82) is 0 Å². The standard InChI is InChI=1S/C28H32F3N3O6/c1-39-19-2-3-23-20(14-19)25(17(16-35)15-32-23)24(36)4-5-28(27(37)33-38)6-8-34(9-7-28)10-11-40-26-21(30)12-18(29)13-22(26)31/h2-3,12-15,24,35-36,38H,4-11,16H2,1H3,(H,33,37). The smallest absolute Gasteiger partial charge is 0.249 e. The average Bonchev–Trinajstić information content (AvgIpc) is 2.96. The predicted octanol–water partition coefficient (Wildman–Crippen LogP) is 3.63. The molecule has 2 aromatic carbocycles. The van der Waals surface area contributed by atoms with E-state index in [0.29, 0.717) is 72.4 Å². The predicted molar refractivity (Wildman–Crippen MR) is 138 cm³/mol. The number of hydrogen-bond donors (Lipinski definition) is 4. The van der Waals surface area contributed by atoms with Crippen LogP contribution in [0.2, 0.25) is 0 Å². The monoisotopic (exact) mass is 563 g/mol. The number of aliphatic hydroxyl groups excluding tert-OH is 2. The Morgan fingerprint density at radius 2 is 1.88 bits per heavy atom. The number of hydroxylamine groups is 1. The van der Waals surface area contributed by atoms with Gasteiger partial charge in [0.15, 0.2) is 17.4 Å². The van der Waals surface area contributed by atoms with Gasteiger partial charge >= 0.3 is 0 Å². The number of halogens is 3. The molecule has 0 saturated carbocycles. The van der Waals surface area contributed by atoms with Gasteiger partial charge in [0, 0.05) is 35.8 Å². The lowest BCUT2D eigenvalue weighted by molar-refractivity contribution is -0.144. The lowest BCUT2D eigenvalue weighted by Crippen LogP contribution is -2.49. The van der Waals surface area contributed by atoms with E-state index in [1.54, 1.807) is 23.7 Å². The summed E-state index contributed by atoms with van der Waals surface area (Å²) in [6.45, 7) is 0.773. The molecule has 4 N–H and O–H groups in total. The lowest BCUT2D eigenvalue weighted by Gasteiger charge is -2.40. The summed E-state index contributed by atoms with van der Waals surface area (Å²) in [5.41, 5.74) is 2.36. The Labute approximate surface area is 229 Å². The van der Waals surface area contributed by atoms with Crippen LogP contribution in [0.1, 0.15) is 42.9 Å². The van der Waals surface area contributed by atoms with Crippen molar-refractivity contribution in [3.8, 4) is 11.5 Å². The second-order valence-corrected chi connectivity index (χ2v) is 9.90. The van der Waals surface area contributed by atoms with Crippen LogP contribution in [-0.2, 0) is 11.4 Å². The van der Waals surface area contributed by atoms with Gasteiger partial charge in [0.05, 0.1) is 30.8 Å². The molecule has 1 aliphatic heterocycles. The highest BCUT2D eigenvalue weighted by Crippen LogP contribution is 2.40. The number of benzene rings is 2. The number of pyridine rings is 1. The van der Waals surface area contributed by atoms with E-state index in [1.807, 2.05) is 4.90 Å². The first kappa shape index (κ1) is 29.5. The maximum atomic E-state index is 13.8. The van der Waals surface area contributed by atoms with Gasteiger partial charge < -0.3 is 19.7 Å². The zero-order chi connectivity index (χ0) is 28.9. The molecule has 1 atom stereocenters. The number of aromatic nitrogens is 1. The Bertz CT molecular complexity index is 1320. The van der Waals surface area contributed by atoms with Gasteiger partial charge in [-0.05, 0) is 62.5 Å². The van der Waals surface area contributed by atoms with Gasteiger partial charge in [-0.25, -0.2) is 18.7 Å². The van der Waals surface area contributed by atoms with Crippen molar-refractivity contribution < 1.29 is 42.9 Å². The van der Waals surface area contributed by atoms with Gasteiger partial charge in [-0.1, -0.05) is 0 Å². The molecule has 4 rings (SSSR count). The fourth-order valence-electron chi connectivity index (χ4n) is 5.29. The van der Waals surface area contributed by atoms with Crippen LogP contribution in [0.4, 0.5) is 13.2 Å². The Hall–Kier alpha value is -3.45. The topological polar surface area (TPSA) is 124 Å². The van der Waals surface area contributed by atoms with Gasteiger partial charge in [0.2, 0.25) is 5.91 Å². The van der Waals surface area contributed by atoms with Crippen LogP contribution in [0.3, 0.4) is 0 Å². The summed E-state index contributed by atoms with van der Waals surface area (Å²) >= 11 is 0. The number of nitrogens with one attached hydrogen (secondary N) is 1. The zero-order valence-electron chi connectivity index (χ0n) is 22.0. The largest absolute Gasteiger partial charge is 0.497 e. The summed E-state index contributed by atoms with van der Waals surface area (Å²) in [4.78, 5) is 19.1. The molecule has 0 aliphatic carbocycles. The first-order valence-corrected chi connectivity index (χ1v) is 12.9. The zero-order valence-corrected chi connectivity index (χ0v) is 22.0. The van der Waals surface area contributed by atoms with Crippen LogP contribution in [0.5, 0.6) is 11.5 Å². The molecule has 9 nitrogen and oxygen atoms in total. The van der Waals surface area contributed by atoms with Crippen molar-refractivity contribution in [3.63, 3.8) is 0 Å². The van der Waals surface area contributed by atoms with Crippen LogP contribution in [0.25, 0.3) is 10.9 Å². The molecule has 1 unspecified atom stereocenters. The van der Waals surface area contributed by atoms with Crippen LogP contribution in [0, 0.1) is 22.9 Å². The molecule has 3 aromatic rings. The maximum absolute atomic E-state index is 13.8. The molecule has 1 aliphatic rings. The summed E-state index contributed by atoms with van der Waals surface area (Å²) in [5.74, 6) is -3.93. The van der Waals surface area contributed by atoms with Crippen LogP contribution >= 0.6 is 0 Å². The van der Waals surface area contributed by atoms with Crippen LogP contribution in [0.15, 0.2) is 36.5 Å². The van der Waals surface area contributed by atoms with E-state index < -0.39 is 40.6 Å². The molecule has 0 radical (unpaired) electrons. The number of carbonyl (C=O) groups excluding carboxylic acids is 1. The summed E-state index contributed by atoms with van der Waals surface area (Å²) < 4.78 is 51.3. The molecular weight excluding hydrogens is 531 g/mol. The van der Waals surface area contributed by atoms with Gasteiger partial charge in [-0.15, -0.1) is 0 Å². The second kappa shape index (κ2) is 12.8. The second-order valence-electron chi connectivity index (χ2n) is 9.90. The number of fused-ring (bicyclic) bond motifs is 1. The van der Waals surface area contributed by atoms with E-state index in [9.17, 15) is 33.4 Å². The maximum Gasteiger partial charge on any atom is 0.249 e. The summed E-state index contributed by atoms with van der Waals surface area (Å²) in [5, 5.41) is 31.3. The fraction of sp³-hybridized carbons (Fsp3) is 0.429. The molecule has 1 aromatic heterocycles. The third kappa shape index (κ3) is 6.30. The quantitative estimate of drug-likeness (QED) is 0.206. The van der Waals surface area contributed by atoms with Gasteiger partial charge in [0.25, 0.3) is 0 Å². The number of likely N-dealkylation sites (tertiary alicyclic amines) is 1. The number of methoxy groups -OCH3 is 1. The molecule has 2 heterocycles. The van der Waals surface area contributed by atoms with Crippen molar-refractivity contribution in [1.82, 2.24) is 15.4 Å². The van der Waals surface area contributed by atoms with Gasteiger partial charge in [-0.3, -0.25) is 19.9 Å². The number of ether oxygens (including phenoxy) is 2. The van der Waals surface area contributed by atoms with Crippen molar-refractivity contribution in [2.45, 2.75) is 38.4 Å². The van der Waals surface area contributed by atoms with Crippen LogP contribution in [-0.4, -0.2) is 64.6 Å². The minimum atomic E-state index is -1.13. The molecule has 1 amide bonds. The number of amides is 1. The SMILES string of the molecule is COc1ccc2ncc(CO)c(C(O)CCC3(C(=O)NO)CCN(CCOc4c(F)cc(F)cc4F)CC3)c2c1. The third-order valence-corrected chi connectivity index (χ3v) is 7.61. The van der Waals surface area contributed by atoms with Crippen molar-refractivity contribution in [2.24, 2.45) is 5.41 Å². The van der Waals surface area contributed by atoms with E-state index in [4.69, 9.17) is 9.47 Å². The summed E-state index contributed by atoms with van der Waals surface area (Å²) in [7, 11) is 1.52. The Kier molecular flexibility index (Phi) is 9.46. The highest BCUT2D eigenvalue weighted by Gasteiger charge is 2.41. The third-order valence-electron chi connectivity index (χ3n) is 7.61. The average molecular weight is 564 g/mol. The highest BCUT2D eigenvalue weighted by molar-refractivity contribution is 5.85. The molecule has 0 spiro atoms. The van der Waals surface area contributed by atoms with E-state index in [-0.39, 0.29) is 26.1 Å². The van der Waals surface area contributed by atoms with Crippen molar-refractivity contribution in [3.05, 3.63) is 65.1 Å². The molecule has 1 fully saturated rings. The first-order chi connectivity index (χ1) is 19.2. The van der Waals surface area contributed by atoms with E-state index in [1.165, 1.54) is 13.3 Å². The molecule has 12 heteroatoms. The Morgan fingerprint density at radius 3 is 2.50 bits per heavy atom. The molecule has 0 bridgehead atoms. The van der Waals surface area contributed by atoms with Gasteiger partial charge in [-0.2, -0.15) is 0 Å². The lowest BCUT2D eigenvalue weighted by atomic mass is 9.73. The van der Waals surface area contributed by atoms with Gasteiger partial charge in [0.1, 0.15) is 18.2 Å².